The molecular weight excluding hydrogens is 362 g/mol. The van der Waals surface area contributed by atoms with Crippen LogP contribution in [0.4, 0.5) is 0 Å². The van der Waals surface area contributed by atoms with E-state index >= 15 is 0 Å². The molecule has 0 spiro atoms. The lowest BCUT2D eigenvalue weighted by molar-refractivity contribution is -0.148. The third kappa shape index (κ3) is 4.23. The van der Waals surface area contributed by atoms with Crippen LogP contribution in [0.1, 0.15) is 13.3 Å². The van der Waals surface area contributed by atoms with Crippen molar-refractivity contribution in [2.45, 2.75) is 13.3 Å². The van der Waals surface area contributed by atoms with Gasteiger partial charge in [0.15, 0.2) is 6.61 Å². The molecule has 0 aromatic carbocycles. The van der Waals surface area contributed by atoms with Crippen LogP contribution in [0, 0.1) is 0 Å². The van der Waals surface area contributed by atoms with Crippen molar-refractivity contribution in [1.82, 2.24) is 5.32 Å². The van der Waals surface area contributed by atoms with Gasteiger partial charge in [0.1, 0.15) is 11.5 Å². The van der Waals surface area contributed by atoms with E-state index in [1.807, 2.05) is 6.08 Å². The fourth-order valence-corrected chi connectivity index (χ4v) is 3.07. The highest BCUT2D eigenvalue weighted by Gasteiger charge is 2.27. The molecule has 0 fully saturated rings. The Morgan fingerprint density at radius 1 is 1.23 bits per heavy atom. The number of cyclic esters (lactones) is 1. The molecule has 1 heterocycles. The number of ether oxygens (including phenoxy) is 3. The molecule has 0 aromatic rings. The molecule has 1 aliphatic carbocycles. The summed E-state index contributed by atoms with van der Waals surface area (Å²) in [6.45, 7) is 0.946. The van der Waals surface area contributed by atoms with Gasteiger partial charge in [-0.2, -0.15) is 0 Å². The maximum absolute atomic E-state index is 12.4. The Balaban J connectivity index is 2.47. The molecule has 0 saturated heterocycles. The first kappa shape index (κ1) is 19.5. The van der Waals surface area contributed by atoms with E-state index in [9.17, 15) is 19.2 Å². The molecule has 2 rings (SSSR count). The third-order valence-electron chi connectivity index (χ3n) is 3.63. The smallest absolute Gasteiger partial charge is 0.355 e. The molecular formula is C17H17NO7S. The predicted molar refractivity (Wildman–Crippen MR) is 92.3 cm³/mol. The van der Waals surface area contributed by atoms with Gasteiger partial charge in [-0.15, -0.1) is 11.8 Å². The van der Waals surface area contributed by atoms with Crippen molar-refractivity contribution >= 4 is 35.4 Å². The van der Waals surface area contributed by atoms with Crippen LogP contribution in [0.25, 0.3) is 0 Å². The number of rotatable bonds is 2. The molecule has 0 radical (unpaired) electrons. The molecule has 2 aliphatic rings. The van der Waals surface area contributed by atoms with Crippen LogP contribution in [0.5, 0.6) is 0 Å². The highest BCUT2D eigenvalue weighted by Crippen LogP contribution is 2.32. The first-order chi connectivity index (χ1) is 12.4. The highest BCUT2D eigenvalue weighted by atomic mass is 32.2. The van der Waals surface area contributed by atoms with Gasteiger partial charge in [0, 0.05) is 11.0 Å². The molecule has 138 valence electrons. The molecule has 8 nitrogen and oxygen atoms in total. The standard InChI is InChI=1S/C17H17NO7S/c1-9-13(23-2)5-4-10-7-26-8-11(16(21)24-3)18-15(20)12(19)6-25-17(22)14(9)10/h5,7-8H,4,6H2,1-3H3,(H,18,20). The molecule has 0 saturated carbocycles. The van der Waals surface area contributed by atoms with E-state index in [2.05, 4.69) is 10.1 Å². The second-order valence-corrected chi connectivity index (χ2v) is 5.98. The number of nitrogens with one attached hydrogen (secondary N) is 1. The van der Waals surface area contributed by atoms with Crippen molar-refractivity contribution in [3.8, 4) is 0 Å². The van der Waals surface area contributed by atoms with E-state index in [0.29, 0.717) is 23.3 Å². The van der Waals surface area contributed by atoms with Gasteiger partial charge in [0.2, 0.25) is 0 Å². The second-order valence-electron chi connectivity index (χ2n) is 5.23. The van der Waals surface area contributed by atoms with Crippen LogP contribution in [-0.2, 0) is 33.4 Å². The number of Topliss-reactive ketones (excluding diaryl/α,β-unsaturated/α-hetero) is 1. The predicted octanol–water partition coefficient (Wildman–Crippen LogP) is 1.11. The zero-order valence-electron chi connectivity index (χ0n) is 14.4. The number of fused-ring (bicyclic) bond motifs is 1. The molecule has 0 bridgehead atoms. The van der Waals surface area contributed by atoms with Crippen molar-refractivity contribution in [3.63, 3.8) is 0 Å². The molecule has 9 heteroatoms. The fraction of sp³-hybridized carbons (Fsp3) is 0.294. The number of thioether (sulfide) groups is 1. The minimum Gasteiger partial charge on any atom is -0.497 e. The number of carbonyl (C=O) groups is 4. The van der Waals surface area contributed by atoms with Gasteiger partial charge in [-0.25, -0.2) is 9.59 Å². The van der Waals surface area contributed by atoms with E-state index in [1.54, 1.807) is 12.3 Å². The number of allylic oxidation sites excluding steroid dienone is 2. The lowest BCUT2D eigenvalue weighted by Crippen LogP contribution is -2.36. The summed E-state index contributed by atoms with van der Waals surface area (Å²) in [7, 11) is 2.64. The quantitative estimate of drug-likeness (QED) is 0.562. The summed E-state index contributed by atoms with van der Waals surface area (Å²) in [6, 6.07) is 0. The van der Waals surface area contributed by atoms with Gasteiger partial charge < -0.3 is 19.5 Å². The summed E-state index contributed by atoms with van der Waals surface area (Å²) >= 11 is 1.06. The van der Waals surface area contributed by atoms with Gasteiger partial charge >= 0.3 is 11.9 Å². The number of carbonyl (C=O) groups excluding carboxylic acids is 4. The van der Waals surface area contributed by atoms with Gasteiger partial charge in [0.25, 0.3) is 11.7 Å². The number of ketones is 1. The maximum atomic E-state index is 12.4. The van der Waals surface area contributed by atoms with Gasteiger partial charge in [-0.05, 0) is 30.4 Å². The Labute approximate surface area is 153 Å². The van der Waals surface area contributed by atoms with Crippen LogP contribution < -0.4 is 5.32 Å². The SMILES string of the molecule is COC(=O)C1=CSC=C2CC=C(OC)C(C)=C2C(=O)OCC(=O)C(=O)N1. The van der Waals surface area contributed by atoms with Crippen LogP contribution in [0.15, 0.2) is 45.1 Å². The summed E-state index contributed by atoms with van der Waals surface area (Å²) in [5.74, 6) is -3.08. The zero-order chi connectivity index (χ0) is 19.3. The molecule has 0 unspecified atom stereocenters. The van der Waals surface area contributed by atoms with Crippen LogP contribution >= 0.6 is 11.8 Å². The van der Waals surface area contributed by atoms with Crippen molar-refractivity contribution < 1.29 is 33.4 Å². The first-order valence-electron chi connectivity index (χ1n) is 7.49. The zero-order valence-corrected chi connectivity index (χ0v) is 15.2. The summed E-state index contributed by atoms with van der Waals surface area (Å²) in [5, 5.41) is 5.15. The minimum atomic E-state index is -1.08. The van der Waals surface area contributed by atoms with Crippen molar-refractivity contribution in [2.24, 2.45) is 0 Å². The molecule has 0 atom stereocenters. The maximum Gasteiger partial charge on any atom is 0.355 e. The fourth-order valence-electron chi connectivity index (χ4n) is 2.33. The summed E-state index contributed by atoms with van der Waals surface area (Å²) in [6.07, 6.45) is 2.21. The molecule has 1 aliphatic heterocycles. The molecule has 1 amide bonds. The van der Waals surface area contributed by atoms with Gasteiger partial charge in [-0.1, -0.05) is 0 Å². The Kier molecular flexibility index (Phi) is 6.40. The van der Waals surface area contributed by atoms with Crippen LogP contribution in [0.2, 0.25) is 0 Å². The minimum absolute atomic E-state index is 0.189. The van der Waals surface area contributed by atoms with Crippen molar-refractivity contribution in [1.29, 1.82) is 0 Å². The van der Waals surface area contributed by atoms with Gasteiger partial charge in [-0.3, -0.25) is 9.59 Å². The Morgan fingerprint density at radius 2 is 1.96 bits per heavy atom. The molecule has 0 aromatic heterocycles. The monoisotopic (exact) mass is 379 g/mol. The summed E-state index contributed by atoms with van der Waals surface area (Å²) < 4.78 is 14.8. The number of hydrogen-bond acceptors (Lipinski definition) is 8. The van der Waals surface area contributed by atoms with E-state index in [4.69, 9.17) is 9.47 Å². The van der Waals surface area contributed by atoms with Crippen LogP contribution in [0.3, 0.4) is 0 Å². The number of amides is 1. The lowest BCUT2D eigenvalue weighted by atomic mass is 9.93. The van der Waals surface area contributed by atoms with E-state index in [-0.39, 0.29) is 11.3 Å². The van der Waals surface area contributed by atoms with E-state index < -0.39 is 30.2 Å². The van der Waals surface area contributed by atoms with E-state index in [1.165, 1.54) is 12.5 Å². The van der Waals surface area contributed by atoms with Crippen LogP contribution in [-0.4, -0.2) is 44.5 Å². The highest BCUT2D eigenvalue weighted by molar-refractivity contribution is 8.05. The molecule has 26 heavy (non-hydrogen) atoms. The normalized spacial score (nSPS) is 18.9. The first-order valence-corrected chi connectivity index (χ1v) is 8.43. The molecule has 1 N–H and O–H groups in total. The number of esters is 2. The summed E-state index contributed by atoms with van der Waals surface area (Å²) in [4.78, 5) is 47.9. The Bertz CT molecular complexity index is 789. The number of hydrogen-bond donors (Lipinski definition) is 1. The third-order valence-corrected chi connectivity index (χ3v) is 4.43. The average molecular weight is 379 g/mol. The van der Waals surface area contributed by atoms with Gasteiger partial charge in [0.05, 0.1) is 19.8 Å². The van der Waals surface area contributed by atoms with E-state index in [0.717, 1.165) is 18.9 Å². The van der Waals surface area contributed by atoms with Crippen molar-refractivity contribution in [2.75, 3.05) is 20.8 Å². The number of methoxy groups -OCH3 is 2. The lowest BCUT2D eigenvalue weighted by Gasteiger charge is -2.20. The topological polar surface area (TPSA) is 108 Å². The average Bonchev–Trinajstić information content (AvgIpc) is 2.63. The summed E-state index contributed by atoms with van der Waals surface area (Å²) in [5.41, 5.74) is 1.27. The Hall–Kier alpha value is -2.81. The second kappa shape index (κ2) is 8.52. The van der Waals surface area contributed by atoms with Crippen molar-refractivity contribution in [3.05, 3.63) is 45.1 Å². The largest absolute Gasteiger partial charge is 0.497 e. The Morgan fingerprint density at radius 3 is 2.62 bits per heavy atom.